The molecule has 0 heterocycles. The molecule has 0 aliphatic heterocycles. The van der Waals surface area contributed by atoms with Gasteiger partial charge in [0.05, 0.1) is 10.9 Å². The number of amides is 1. The van der Waals surface area contributed by atoms with E-state index in [-0.39, 0.29) is 29.2 Å². The van der Waals surface area contributed by atoms with E-state index in [0.29, 0.717) is 17.7 Å². The molecule has 0 unspecified atom stereocenters. The monoisotopic (exact) mass is 390 g/mol. The van der Waals surface area contributed by atoms with Gasteiger partial charge in [-0.05, 0) is 48.9 Å². The van der Waals surface area contributed by atoms with Crippen molar-refractivity contribution in [3.63, 3.8) is 0 Å². The smallest absolute Gasteiger partial charge is 0.258 e. The van der Waals surface area contributed by atoms with Crippen molar-refractivity contribution in [1.29, 1.82) is 0 Å². The lowest BCUT2D eigenvalue weighted by Crippen LogP contribution is -2.31. The molecule has 0 fully saturated rings. The molecule has 1 amide bonds. The third kappa shape index (κ3) is 5.90. The van der Waals surface area contributed by atoms with E-state index in [4.69, 9.17) is 9.88 Å². The zero-order chi connectivity index (χ0) is 20.0. The molecule has 7 nitrogen and oxygen atoms in total. The molecule has 0 aromatic heterocycles. The van der Waals surface area contributed by atoms with Crippen LogP contribution in [0.5, 0.6) is 5.75 Å². The minimum absolute atomic E-state index is 0.0121. The second kappa shape index (κ2) is 8.79. The molecule has 1 atom stereocenters. The van der Waals surface area contributed by atoms with E-state index in [9.17, 15) is 18.0 Å². The van der Waals surface area contributed by atoms with E-state index in [1.54, 1.807) is 50.2 Å². The molecule has 2 aromatic rings. The number of Topliss-reactive ketones (excluding diaryl/α,β-unsaturated/α-hetero) is 1. The Morgan fingerprint density at radius 1 is 1.07 bits per heavy atom. The van der Waals surface area contributed by atoms with Gasteiger partial charge in [-0.3, -0.25) is 9.59 Å². The van der Waals surface area contributed by atoms with Crippen molar-refractivity contribution in [2.24, 2.45) is 5.14 Å². The summed E-state index contributed by atoms with van der Waals surface area (Å²) in [6, 6.07) is 12.2. The highest BCUT2D eigenvalue weighted by Crippen LogP contribution is 2.16. The first kappa shape index (κ1) is 20.6. The van der Waals surface area contributed by atoms with E-state index >= 15 is 0 Å². The number of hydrogen-bond donors (Lipinski definition) is 2. The highest BCUT2D eigenvalue weighted by atomic mass is 32.2. The quantitative estimate of drug-likeness (QED) is 0.670. The van der Waals surface area contributed by atoms with Gasteiger partial charge < -0.3 is 10.1 Å². The lowest BCUT2D eigenvalue weighted by molar-refractivity contribution is -0.123. The van der Waals surface area contributed by atoms with Crippen LogP contribution in [0.1, 0.15) is 42.2 Å². The molecule has 2 aromatic carbocycles. The van der Waals surface area contributed by atoms with Crippen molar-refractivity contribution >= 4 is 21.7 Å². The van der Waals surface area contributed by atoms with Crippen LogP contribution in [0.2, 0.25) is 0 Å². The van der Waals surface area contributed by atoms with Gasteiger partial charge in [-0.2, -0.15) is 0 Å². The Morgan fingerprint density at radius 3 is 2.19 bits per heavy atom. The van der Waals surface area contributed by atoms with Gasteiger partial charge in [0.15, 0.2) is 12.4 Å². The number of carbonyl (C=O) groups excluding carboxylic acids is 2. The summed E-state index contributed by atoms with van der Waals surface area (Å²) in [4.78, 5) is 23.6. The standard InChI is InChI=1S/C19H22N2O5S/c1-3-18(22)15-4-8-16(9-5-15)26-12-19(23)21-13(2)14-6-10-17(11-7-14)27(20,24)25/h4-11,13H,3,12H2,1-2H3,(H,21,23)(H2,20,24,25)/t13-/m1/s1. The fraction of sp³-hybridized carbons (Fsp3) is 0.263. The SMILES string of the molecule is CCC(=O)c1ccc(OCC(=O)N[C@H](C)c2ccc(S(N)(=O)=O)cc2)cc1. The minimum atomic E-state index is -3.75. The summed E-state index contributed by atoms with van der Waals surface area (Å²) in [5, 5.41) is 7.82. The number of sulfonamides is 1. The normalized spacial score (nSPS) is 12.3. The molecule has 0 saturated heterocycles. The van der Waals surface area contributed by atoms with Crippen LogP contribution in [0.4, 0.5) is 0 Å². The molecule has 27 heavy (non-hydrogen) atoms. The van der Waals surface area contributed by atoms with E-state index in [1.165, 1.54) is 12.1 Å². The summed E-state index contributed by atoms with van der Waals surface area (Å²) in [5.41, 5.74) is 1.34. The lowest BCUT2D eigenvalue weighted by Gasteiger charge is -2.15. The van der Waals surface area contributed by atoms with Gasteiger partial charge in [0, 0.05) is 12.0 Å². The number of hydrogen-bond acceptors (Lipinski definition) is 5. The Hall–Kier alpha value is -2.71. The van der Waals surface area contributed by atoms with Crippen molar-refractivity contribution in [3.8, 4) is 5.75 Å². The van der Waals surface area contributed by atoms with Gasteiger partial charge >= 0.3 is 0 Å². The summed E-state index contributed by atoms with van der Waals surface area (Å²) >= 11 is 0. The van der Waals surface area contributed by atoms with Crippen LogP contribution in [0.25, 0.3) is 0 Å². The highest BCUT2D eigenvalue weighted by Gasteiger charge is 2.13. The molecule has 0 radical (unpaired) electrons. The van der Waals surface area contributed by atoms with Crippen molar-refractivity contribution in [2.75, 3.05) is 6.61 Å². The largest absolute Gasteiger partial charge is 0.484 e. The predicted octanol–water partition coefficient (Wildman–Crippen LogP) is 2.18. The van der Waals surface area contributed by atoms with E-state index in [2.05, 4.69) is 5.32 Å². The third-order valence-corrected chi connectivity index (χ3v) is 4.88. The Morgan fingerprint density at radius 2 is 1.67 bits per heavy atom. The van der Waals surface area contributed by atoms with Gasteiger partial charge in [0.25, 0.3) is 5.91 Å². The average molecular weight is 390 g/mol. The number of ether oxygens (including phenoxy) is 1. The van der Waals surface area contributed by atoms with Crippen LogP contribution < -0.4 is 15.2 Å². The first-order valence-corrected chi connectivity index (χ1v) is 9.93. The molecular weight excluding hydrogens is 368 g/mol. The number of nitrogens with two attached hydrogens (primary N) is 1. The van der Waals surface area contributed by atoms with Gasteiger partial charge in [-0.1, -0.05) is 19.1 Å². The first-order chi connectivity index (χ1) is 12.7. The maximum absolute atomic E-state index is 12.0. The highest BCUT2D eigenvalue weighted by molar-refractivity contribution is 7.89. The van der Waals surface area contributed by atoms with Crippen LogP contribution in [0, 0.1) is 0 Å². The average Bonchev–Trinajstić information content (AvgIpc) is 2.65. The summed E-state index contributed by atoms with van der Waals surface area (Å²) in [5.74, 6) is 0.205. The minimum Gasteiger partial charge on any atom is -0.484 e. The van der Waals surface area contributed by atoms with Crippen molar-refractivity contribution < 1.29 is 22.7 Å². The molecule has 8 heteroatoms. The van der Waals surface area contributed by atoms with E-state index < -0.39 is 10.0 Å². The van der Waals surface area contributed by atoms with Crippen molar-refractivity contribution in [3.05, 3.63) is 59.7 Å². The maximum atomic E-state index is 12.0. The van der Waals surface area contributed by atoms with E-state index in [1.807, 2.05) is 0 Å². The number of primary sulfonamides is 1. The topological polar surface area (TPSA) is 116 Å². The molecule has 2 rings (SSSR count). The van der Waals surface area contributed by atoms with Crippen LogP contribution in [-0.2, 0) is 14.8 Å². The molecule has 0 aliphatic rings. The lowest BCUT2D eigenvalue weighted by atomic mass is 10.1. The molecule has 0 aliphatic carbocycles. The predicted molar refractivity (Wildman–Crippen MR) is 101 cm³/mol. The molecular formula is C19H22N2O5S. The Kier molecular flexibility index (Phi) is 6.70. The molecule has 0 spiro atoms. The molecule has 3 N–H and O–H groups in total. The van der Waals surface area contributed by atoms with Gasteiger partial charge in [-0.15, -0.1) is 0 Å². The number of rotatable bonds is 8. The Labute approximate surface area is 158 Å². The fourth-order valence-corrected chi connectivity index (χ4v) is 2.92. The Bertz CT molecular complexity index is 906. The summed E-state index contributed by atoms with van der Waals surface area (Å²) in [6.45, 7) is 3.39. The zero-order valence-corrected chi connectivity index (χ0v) is 16.0. The summed E-state index contributed by atoms with van der Waals surface area (Å²) < 4.78 is 27.9. The Balaban J connectivity index is 1.88. The van der Waals surface area contributed by atoms with Crippen molar-refractivity contribution in [1.82, 2.24) is 5.32 Å². The van der Waals surface area contributed by atoms with Crippen LogP contribution >= 0.6 is 0 Å². The number of benzene rings is 2. The first-order valence-electron chi connectivity index (χ1n) is 8.39. The third-order valence-electron chi connectivity index (χ3n) is 3.95. The summed E-state index contributed by atoms with van der Waals surface area (Å²) in [6.07, 6.45) is 0.429. The van der Waals surface area contributed by atoms with Crippen LogP contribution in [0.3, 0.4) is 0 Å². The molecule has 0 saturated carbocycles. The van der Waals surface area contributed by atoms with Gasteiger partial charge in [0.2, 0.25) is 10.0 Å². The number of nitrogens with one attached hydrogen (secondary N) is 1. The zero-order valence-electron chi connectivity index (χ0n) is 15.1. The van der Waals surface area contributed by atoms with Gasteiger partial charge in [-0.25, -0.2) is 13.6 Å². The van der Waals surface area contributed by atoms with E-state index in [0.717, 1.165) is 5.56 Å². The summed E-state index contributed by atoms with van der Waals surface area (Å²) in [7, 11) is -3.75. The molecule has 144 valence electrons. The molecule has 0 bridgehead atoms. The number of carbonyl (C=O) groups is 2. The fourth-order valence-electron chi connectivity index (χ4n) is 2.40. The van der Waals surface area contributed by atoms with Crippen molar-refractivity contribution in [2.45, 2.75) is 31.2 Å². The van der Waals surface area contributed by atoms with Crippen LogP contribution in [0.15, 0.2) is 53.4 Å². The number of ketones is 1. The second-order valence-electron chi connectivity index (χ2n) is 5.99. The second-order valence-corrected chi connectivity index (χ2v) is 7.55. The maximum Gasteiger partial charge on any atom is 0.258 e. The van der Waals surface area contributed by atoms with Crippen LogP contribution in [-0.4, -0.2) is 26.7 Å². The van der Waals surface area contributed by atoms with Gasteiger partial charge in [0.1, 0.15) is 5.75 Å².